The number of esters is 1. The van der Waals surface area contributed by atoms with E-state index in [9.17, 15) is 4.79 Å². The Morgan fingerprint density at radius 3 is 2.81 bits per heavy atom. The molecule has 1 unspecified atom stereocenters. The van der Waals surface area contributed by atoms with E-state index in [0.717, 1.165) is 5.56 Å². The Morgan fingerprint density at radius 1 is 1.50 bits per heavy atom. The summed E-state index contributed by atoms with van der Waals surface area (Å²) >= 11 is 5.94. The predicted octanol–water partition coefficient (Wildman–Crippen LogP) is 2.98. The first-order valence-corrected chi connectivity index (χ1v) is 5.51. The van der Waals surface area contributed by atoms with E-state index < -0.39 is 6.10 Å². The van der Waals surface area contributed by atoms with Crippen molar-refractivity contribution in [3.8, 4) is 5.75 Å². The van der Waals surface area contributed by atoms with Gasteiger partial charge < -0.3 is 9.47 Å². The van der Waals surface area contributed by atoms with Crippen LogP contribution in [0.1, 0.15) is 19.4 Å². The van der Waals surface area contributed by atoms with Gasteiger partial charge >= 0.3 is 5.97 Å². The zero-order valence-electron chi connectivity index (χ0n) is 9.62. The molecule has 1 rings (SSSR count). The van der Waals surface area contributed by atoms with Gasteiger partial charge in [0.15, 0.2) is 6.10 Å². The van der Waals surface area contributed by atoms with Crippen molar-refractivity contribution in [1.29, 1.82) is 0 Å². The maximum absolute atomic E-state index is 11.4. The second-order valence-corrected chi connectivity index (χ2v) is 3.85. The summed E-state index contributed by atoms with van der Waals surface area (Å²) in [6.07, 6.45) is -0.653. The molecule has 0 spiro atoms. The Balaban J connectivity index is 2.72. The molecule has 0 radical (unpaired) electrons. The molecule has 1 aromatic rings. The smallest absolute Gasteiger partial charge is 0.347 e. The Hall–Kier alpha value is -1.22. The summed E-state index contributed by atoms with van der Waals surface area (Å²) < 4.78 is 10.3. The normalized spacial score (nSPS) is 12.0. The van der Waals surface area contributed by atoms with E-state index in [1.165, 1.54) is 0 Å². The van der Waals surface area contributed by atoms with Crippen LogP contribution >= 0.6 is 11.6 Å². The van der Waals surface area contributed by atoms with Crippen molar-refractivity contribution in [2.24, 2.45) is 0 Å². The highest BCUT2D eigenvalue weighted by molar-refractivity contribution is 6.32. The molecule has 1 atom stereocenters. The highest BCUT2D eigenvalue weighted by Gasteiger charge is 2.16. The van der Waals surface area contributed by atoms with Gasteiger partial charge in [0.1, 0.15) is 5.75 Å². The average molecular weight is 243 g/mol. The second-order valence-electron chi connectivity index (χ2n) is 3.45. The molecule has 1 aromatic carbocycles. The summed E-state index contributed by atoms with van der Waals surface area (Å²) in [6.45, 7) is 5.66. The summed E-state index contributed by atoms with van der Waals surface area (Å²) in [5, 5.41) is 0.488. The summed E-state index contributed by atoms with van der Waals surface area (Å²) in [5.74, 6) is 0.113. The number of ether oxygens (including phenoxy) is 2. The number of halogens is 1. The molecule has 0 aliphatic carbocycles. The van der Waals surface area contributed by atoms with E-state index >= 15 is 0 Å². The zero-order valence-corrected chi connectivity index (χ0v) is 10.4. The minimum Gasteiger partial charge on any atom is -0.477 e. The van der Waals surface area contributed by atoms with Gasteiger partial charge in [-0.3, -0.25) is 0 Å². The highest BCUT2D eigenvalue weighted by atomic mass is 35.5. The number of carbonyl (C=O) groups is 1. The highest BCUT2D eigenvalue weighted by Crippen LogP contribution is 2.26. The van der Waals surface area contributed by atoms with E-state index in [2.05, 4.69) is 0 Å². The van der Waals surface area contributed by atoms with Crippen LogP contribution in [0.25, 0.3) is 0 Å². The maximum Gasteiger partial charge on any atom is 0.347 e. The molecule has 0 N–H and O–H groups in total. The van der Waals surface area contributed by atoms with E-state index in [0.29, 0.717) is 17.4 Å². The van der Waals surface area contributed by atoms with Crippen molar-refractivity contribution >= 4 is 17.6 Å². The van der Waals surface area contributed by atoms with Gasteiger partial charge in [0.2, 0.25) is 0 Å². The van der Waals surface area contributed by atoms with Gasteiger partial charge in [0.05, 0.1) is 11.6 Å². The van der Waals surface area contributed by atoms with Crippen molar-refractivity contribution < 1.29 is 14.3 Å². The minimum absolute atomic E-state index is 0.341. The lowest BCUT2D eigenvalue weighted by Crippen LogP contribution is -2.26. The van der Waals surface area contributed by atoms with Gasteiger partial charge in [-0.15, -0.1) is 0 Å². The number of carbonyl (C=O) groups excluding carboxylic acids is 1. The second kappa shape index (κ2) is 5.75. The summed E-state index contributed by atoms with van der Waals surface area (Å²) in [6, 6.07) is 5.41. The number of aryl methyl sites for hydroxylation is 1. The number of hydrogen-bond donors (Lipinski definition) is 0. The van der Waals surface area contributed by atoms with Crippen LogP contribution in [0, 0.1) is 6.92 Å². The molecule has 0 fully saturated rings. The molecular formula is C12H15ClO3. The largest absolute Gasteiger partial charge is 0.477 e. The molecular weight excluding hydrogens is 228 g/mol. The van der Waals surface area contributed by atoms with Gasteiger partial charge in [-0.05, 0) is 38.5 Å². The molecule has 0 aliphatic rings. The van der Waals surface area contributed by atoms with E-state index in [1.54, 1.807) is 26.0 Å². The van der Waals surface area contributed by atoms with Crippen LogP contribution in [0.3, 0.4) is 0 Å². The first-order valence-electron chi connectivity index (χ1n) is 5.14. The molecule has 0 heterocycles. The fraction of sp³-hybridized carbons (Fsp3) is 0.417. The van der Waals surface area contributed by atoms with Gasteiger partial charge in [-0.2, -0.15) is 0 Å². The lowest BCUT2D eigenvalue weighted by atomic mass is 10.2. The Morgan fingerprint density at radius 2 is 2.19 bits per heavy atom. The lowest BCUT2D eigenvalue weighted by Gasteiger charge is -2.14. The van der Waals surface area contributed by atoms with Gasteiger partial charge in [-0.1, -0.05) is 17.7 Å². The van der Waals surface area contributed by atoms with Crippen molar-refractivity contribution in [2.75, 3.05) is 6.61 Å². The number of benzene rings is 1. The molecule has 0 saturated heterocycles. The van der Waals surface area contributed by atoms with E-state index in [1.807, 2.05) is 13.0 Å². The third-order valence-electron chi connectivity index (χ3n) is 2.01. The first kappa shape index (κ1) is 12.8. The predicted molar refractivity (Wildman–Crippen MR) is 62.9 cm³/mol. The Bertz CT molecular complexity index is 377. The van der Waals surface area contributed by atoms with Crippen molar-refractivity contribution in [3.63, 3.8) is 0 Å². The SMILES string of the molecule is CCOC(=O)C(C)Oc1cc(C)ccc1Cl. The van der Waals surface area contributed by atoms with E-state index in [4.69, 9.17) is 21.1 Å². The summed E-state index contributed by atoms with van der Waals surface area (Å²) in [7, 11) is 0. The van der Waals surface area contributed by atoms with Crippen LogP contribution in [0.2, 0.25) is 5.02 Å². The maximum atomic E-state index is 11.4. The quantitative estimate of drug-likeness (QED) is 0.762. The van der Waals surface area contributed by atoms with Crippen molar-refractivity contribution in [3.05, 3.63) is 28.8 Å². The van der Waals surface area contributed by atoms with Crippen LogP contribution < -0.4 is 4.74 Å². The third kappa shape index (κ3) is 3.42. The molecule has 0 aromatic heterocycles. The standard InChI is InChI=1S/C12H15ClO3/c1-4-15-12(14)9(3)16-11-7-8(2)5-6-10(11)13/h5-7,9H,4H2,1-3H3. The minimum atomic E-state index is -0.653. The third-order valence-corrected chi connectivity index (χ3v) is 2.32. The van der Waals surface area contributed by atoms with Crippen molar-refractivity contribution in [2.45, 2.75) is 26.9 Å². The Labute approximate surface area is 100 Å². The van der Waals surface area contributed by atoms with E-state index in [-0.39, 0.29) is 5.97 Å². The molecule has 0 saturated carbocycles. The number of rotatable bonds is 4. The van der Waals surface area contributed by atoms with Crippen molar-refractivity contribution in [1.82, 2.24) is 0 Å². The molecule has 0 aliphatic heterocycles. The molecule has 0 bridgehead atoms. The topological polar surface area (TPSA) is 35.5 Å². The van der Waals surface area contributed by atoms with Crippen LogP contribution in [0.4, 0.5) is 0 Å². The fourth-order valence-corrected chi connectivity index (χ4v) is 1.36. The molecule has 3 nitrogen and oxygen atoms in total. The molecule has 0 amide bonds. The van der Waals surface area contributed by atoms with Gasteiger partial charge in [0.25, 0.3) is 0 Å². The monoisotopic (exact) mass is 242 g/mol. The van der Waals surface area contributed by atoms with Gasteiger partial charge in [-0.25, -0.2) is 4.79 Å². The van der Waals surface area contributed by atoms with Crippen LogP contribution in [-0.4, -0.2) is 18.7 Å². The van der Waals surface area contributed by atoms with Gasteiger partial charge in [0, 0.05) is 0 Å². The average Bonchev–Trinajstić information content (AvgIpc) is 2.23. The molecule has 88 valence electrons. The number of hydrogen-bond acceptors (Lipinski definition) is 3. The fourth-order valence-electron chi connectivity index (χ4n) is 1.20. The lowest BCUT2D eigenvalue weighted by molar-refractivity contribution is -0.150. The summed E-state index contributed by atoms with van der Waals surface area (Å²) in [4.78, 5) is 11.4. The molecule has 16 heavy (non-hydrogen) atoms. The Kier molecular flexibility index (Phi) is 4.62. The first-order chi connectivity index (χ1) is 7.54. The van der Waals surface area contributed by atoms with Crippen LogP contribution in [0.15, 0.2) is 18.2 Å². The van der Waals surface area contributed by atoms with Crippen LogP contribution in [0.5, 0.6) is 5.75 Å². The summed E-state index contributed by atoms with van der Waals surface area (Å²) in [5.41, 5.74) is 1.02. The van der Waals surface area contributed by atoms with Crippen LogP contribution in [-0.2, 0) is 9.53 Å². The zero-order chi connectivity index (χ0) is 12.1. The molecule has 4 heteroatoms.